The van der Waals surface area contributed by atoms with E-state index in [1.807, 2.05) is 37.4 Å². The molecule has 2 fully saturated rings. The smallest absolute Gasteiger partial charge is 0.233 e. The van der Waals surface area contributed by atoms with E-state index in [4.69, 9.17) is 11.6 Å². The van der Waals surface area contributed by atoms with Crippen LogP contribution in [0.15, 0.2) is 42.6 Å². The van der Waals surface area contributed by atoms with Crippen LogP contribution in [0, 0.1) is 6.92 Å². The number of nitrogens with zero attached hydrogens (tertiary/aromatic N) is 3. The third-order valence-corrected chi connectivity index (χ3v) is 6.29. The van der Waals surface area contributed by atoms with Gasteiger partial charge in [0, 0.05) is 48.8 Å². The highest BCUT2D eigenvalue weighted by molar-refractivity contribution is 6.30. The van der Waals surface area contributed by atoms with Crippen molar-refractivity contribution >= 4 is 23.2 Å². The second-order valence-corrected chi connectivity index (χ2v) is 8.17. The first-order valence-electron chi connectivity index (χ1n) is 9.81. The van der Waals surface area contributed by atoms with E-state index in [9.17, 15) is 4.79 Å². The lowest BCUT2D eigenvalue weighted by Gasteiger charge is -2.44. The standard InChI is InChI=1S/C22H26ClN3O/c1-17-16-20(8-11-24-17)25-12-3-13-26(15-14-25)21(27)22(9-2-10-22)18-4-6-19(23)7-5-18/h4-8,11,16H,2-3,9-10,12-15H2,1H3. The van der Waals surface area contributed by atoms with Crippen molar-refractivity contribution in [1.82, 2.24) is 9.88 Å². The first kappa shape index (κ1) is 18.3. The average Bonchev–Trinajstić information content (AvgIpc) is 2.88. The van der Waals surface area contributed by atoms with Crippen molar-refractivity contribution in [1.29, 1.82) is 0 Å². The molecule has 1 saturated carbocycles. The third kappa shape index (κ3) is 3.55. The van der Waals surface area contributed by atoms with Crippen molar-refractivity contribution in [3.8, 4) is 0 Å². The van der Waals surface area contributed by atoms with Gasteiger partial charge in [0.2, 0.25) is 5.91 Å². The molecule has 1 amide bonds. The van der Waals surface area contributed by atoms with E-state index in [0.29, 0.717) is 5.91 Å². The second-order valence-electron chi connectivity index (χ2n) is 7.73. The number of carbonyl (C=O) groups is 1. The number of hydrogen-bond donors (Lipinski definition) is 0. The van der Waals surface area contributed by atoms with Crippen molar-refractivity contribution < 1.29 is 4.79 Å². The summed E-state index contributed by atoms with van der Waals surface area (Å²) in [5, 5.41) is 0.721. The van der Waals surface area contributed by atoms with Crippen LogP contribution in [0.25, 0.3) is 0 Å². The van der Waals surface area contributed by atoms with Gasteiger partial charge >= 0.3 is 0 Å². The lowest BCUT2D eigenvalue weighted by atomic mass is 9.63. The number of aromatic nitrogens is 1. The maximum atomic E-state index is 13.5. The maximum Gasteiger partial charge on any atom is 0.233 e. The zero-order valence-corrected chi connectivity index (χ0v) is 16.6. The summed E-state index contributed by atoms with van der Waals surface area (Å²) in [6.45, 7) is 5.46. The van der Waals surface area contributed by atoms with E-state index >= 15 is 0 Å². The van der Waals surface area contributed by atoms with Crippen LogP contribution in [-0.4, -0.2) is 42.0 Å². The molecule has 0 bridgehead atoms. The summed E-state index contributed by atoms with van der Waals surface area (Å²) in [4.78, 5) is 22.3. The predicted octanol–water partition coefficient (Wildman–Crippen LogP) is 4.20. The van der Waals surface area contributed by atoms with E-state index in [1.165, 1.54) is 5.69 Å². The number of amides is 1. The molecule has 1 aromatic heterocycles. The molecule has 142 valence electrons. The molecule has 4 rings (SSSR count). The summed E-state index contributed by atoms with van der Waals surface area (Å²) in [6.07, 6.45) is 5.85. The molecule has 0 N–H and O–H groups in total. The minimum absolute atomic E-state index is 0.295. The SMILES string of the molecule is Cc1cc(N2CCCN(C(=O)C3(c4ccc(Cl)cc4)CCC3)CC2)ccn1. The van der Waals surface area contributed by atoms with Gasteiger partial charge in [0.05, 0.1) is 5.41 Å². The topological polar surface area (TPSA) is 36.4 Å². The quantitative estimate of drug-likeness (QED) is 0.796. The highest BCUT2D eigenvalue weighted by Gasteiger charge is 2.47. The average molecular weight is 384 g/mol. The van der Waals surface area contributed by atoms with E-state index in [2.05, 4.69) is 26.9 Å². The van der Waals surface area contributed by atoms with Crippen LogP contribution in [0.5, 0.6) is 0 Å². The molecule has 2 heterocycles. The van der Waals surface area contributed by atoms with E-state index in [0.717, 1.165) is 68.1 Å². The first-order valence-corrected chi connectivity index (χ1v) is 10.2. The number of benzene rings is 1. The van der Waals surface area contributed by atoms with Gasteiger partial charge in [0.15, 0.2) is 0 Å². The second kappa shape index (κ2) is 7.51. The van der Waals surface area contributed by atoms with Crippen LogP contribution in [0.1, 0.15) is 36.9 Å². The molecule has 1 aliphatic heterocycles. The lowest BCUT2D eigenvalue weighted by Crippen LogP contribution is -2.52. The number of aryl methyl sites for hydroxylation is 1. The Hall–Kier alpha value is -2.07. The molecule has 1 saturated heterocycles. The molecule has 1 aromatic carbocycles. The van der Waals surface area contributed by atoms with Gasteiger partial charge in [-0.3, -0.25) is 9.78 Å². The molecular formula is C22H26ClN3O. The fourth-order valence-corrected chi connectivity index (χ4v) is 4.46. The Morgan fingerprint density at radius 2 is 1.81 bits per heavy atom. The van der Waals surface area contributed by atoms with Crippen molar-refractivity contribution in [2.45, 2.75) is 38.0 Å². The normalized spacial score (nSPS) is 19.3. The van der Waals surface area contributed by atoms with Gasteiger partial charge in [0.25, 0.3) is 0 Å². The molecule has 0 spiro atoms. The van der Waals surface area contributed by atoms with Crippen LogP contribution in [0.2, 0.25) is 5.02 Å². The molecule has 0 atom stereocenters. The number of pyridine rings is 1. The molecule has 4 nitrogen and oxygen atoms in total. The van der Waals surface area contributed by atoms with Crippen LogP contribution in [-0.2, 0) is 10.2 Å². The number of anilines is 1. The minimum Gasteiger partial charge on any atom is -0.370 e. The lowest BCUT2D eigenvalue weighted by molar-refractivity contribution is -0.140. The fourth-order valence-electron chi connectivity index (χ4n) is 4.33. The number of carbonyl (C=O) groups excluding carboxylic acids is 1. The van der Waals surface area contributed by atoms with Crippen molar-refractivity contribution in [2.75, 3.05) is 31.1 Å². The van der Waals surface area contributed by atoms with Crippen LogP contribution in [0.3, 0.4) is 0 Å². The molecule has 2 aliphatic rings. The zero-order valence-electron chi connectivity index (χ0n) is 15.8. The van der Waals surface area contributed by atoms with E-state index in [-0.39, 0.29) is 5.41 Å². The van der Waals surface area contributed by atoms with Gasteiger partial charge in [0.1, 0.15) is 0 Å². The highest BCUT2D eigenvalue weighted by Crippen LogP contribution is 2.45. The Balaban J connectivity index is 1.50. The van der Waals surface area contributed by atoms with Gasteiger partial charge in [-0.2, -0.15) is 0 Å². The van der Waals surface area contributed by atoms with Crippen LogP contribution in [0.4, 0.5) is 5.69 Å². The maximum absolute atomic E-state index is 13.5. The Kier molecular flexibility index (Phi) is 5.09. The molecular weight excluding hydrogens is 358 g/mol. The van der Waals surface area contributed by atoms with Crippen LogP contribution < -0.4 is 4.90 Å². The molecule has 1 aliphatic carbocycles. The van der Waals surface area contributed by atoms with Gasteiger partial charge < -0.3 is 9.80 Å². The monoisotopic (exact) mass is 383 g/mol. The first-order chi connectivity index (χ1) is 13.1. The Morgan fingerprint density at radius 3 is 2.48 bits per heavy atom. The van der Waals surface area contributed by atoms with E-state index < -0.39 is 0 Å². The summed E-state index contributed by atoms with van der Waals surface area (Å²) in [5.74, 6) is 0.295. The van der Waals surface area contributed by atoms with Crippen molar-refractivity contribution in [3.63, 3.8) is 0 Å². The highest BCUT2D eigenvalue weighted by atomic mass is 35.5. The number of hydrogen-bond acceptors (Lipinski definition) is 3. The number of halogens is 1. The Bertz CT molecular complexity index is 817. The van der Waals surface area contributed by atoms with Crippen molar-refractivity contribution in [2.24, 2.45) is 0 Å². The largest absolute Gasteiger partial charge is 0.370 e. The van der Waals surface area contributed by atoms with Crippen molar-refractivity contribution in [3.05, 3.63) is 58.9 Å². The molecule has 27 heavy (non-hydrogen) atoms. The van der Waals surface area contributed by atoms with E-state index in [1.54, 1.807) is 0 Å². The summed E-state index contributed by atoms with van der Waals surface area (Å²) >= 11 is 6.05. The Morgan fingerprint density at radius 1 is 1.04 bits per heavy atom. The summed E-state index contributed by atoms with van der Waals surface area (Å²) in [5.41, 5.74) is 3.01. The van der Waals surface area contributed by atoms with Gasteiger partial charge in [-0.25, -0.2) is 0 Å². The summed E-state index contributed by atoms with van der Waals surface area (Å²) in [6, 6.07) is 12.1. The summed E-state index contributed by atoms with van der Waals surface area (Å²) in [7, 11) is 0. The zero-order chi connectivity index (χ0) is 18.9. The predicted molar refractivity (Wildman–Crippen MR) is 109 cm³/mol. The fraction of sp³-hybridized carbons (Fsp3) is 0.455. The Labute approximate surface area is 166 Å². The molecule has 2 aromatic rings. The number of rotatable bonds is 3. The third-order valence-electron chi connectivity index (χ3n) is 6.04. The summed E-state index contributed by atoms with van der Waals surface area (Å²) < 4.78 is 0. The molecule has 5 heteroatoms. The molecule has 0 unspecified atom stereocenters. The van der Waals surface area contributed by atoms with Crippen LogP contribution >= 0.6 is 11.6 Å². The minimum atomic E-state index is -0.340. The van der Waals surface area contributed by atoms with Gasteiger partial charge in [-0.05, 0) is 56.0 Å². The van der Waals surface area contributed by atoms with Gasteiger partial charge in [-0.1, -0.05) is 30.2 Å². The van der Waals surface area contributed by atoms with Gasteiger partial charge in [-0.15, -0.1) is 0 Å². The molecule has 0 radical (unpaired) electrons.